The Labute approximate surface area is 168 Å². The second kappa shape index (κ2) is 7.06. The van der Waals surface area contributed by atoms with Crippen molar-refractivity contribution in [1.29, 1.82) is 5.26 Å². The Hall–Kier alpha value is -3.66. The van der Waals surface area contributed by atoms with E-state index in [-0.39, 0.29) is 0 Å². The number of amides is 4. The highest BCUT2D eigenvalue weighted by Gasteiger charge is 2.49. The topological polar surface area (TPSA) is 102 Å². The average molecular weight is 388 g/mol. The summed E-state index contributed by atoms with van der Waals surface area (Å²) in [5.74, 6) is -0.969. The van der Waals surface area contributed by atoms with Crippen molar-refractivity contribution >= 4 is 23.5 Å². The molecule has 0 bridgehead atoms. The van der Waals surface area contributed by atoms with Gasteiger partial charge in [-0.25, -0.2) is 4.79 Å². The summed E-state index contributed by atoms with van der Waals surface area (Å²) < 4.78 is 0. The van der Waals surface area contributed by atoms with Gasteiger partial charge in [0.1, 0.15) is 12.1 Å². The number of imide groups is 1. The van der Waals surface area contributed by atoms with Crippen LogP contribution in [0.5, 0.6) is 0 Å². The van der Waals surface area contributed by atoms with E-state index in [1.165, 1.54) is 17.2 Å². The molecule has 7 nitrogen and oxygen atoms in total. The van der Waals surface area contributed by atoms with Crippen molar-refractivity contribution in [1.82, 2.24) is 10.2 Å². The SMILES string of the molecule is C[C@@]1(c2ccc3c(c2)CCC3)NC(=O)N(CC(=O)Nc2cccc(C#N)c2)C1=O. The van der Waals surface area contributed by atoms with Gasteiger partial charge in [0.15, 0.2) is 0 Å². The Morgan fingerprint density at radius 1 is 1.21 bits per heavy atom. The van der Waals surface area contributed by atoms with E-state index in [2.05, 4.69) is 10.6 Å². The molecule has 0 radical (unpaired) electrons. The van der Waals surface area contributed by atoms with Crippen molar-refractivity contribution in [2.75, 3.05) is 11.9 Å². The van der Waals surface area contributed by atoms with Crippen LogP contribution in [-0.2, 0) is 28.0 Å². The summed E-state index contributed by atoms with van der Waals surface area (Å²) in [4.78, 5) is 38.8. The van der Waals surface area contributed by atoms with Gasteiger partial charge in [-0.1, -0.05) is 24.3 Å². The number of fused-ring (bicyclic) bond motifs is 1. The first-order valence-corrected chi connectivity index (χ1v) is 9.47. The van der Waals surface area contributed by atoms with E-state index in [4.69, 9.17) is 5.26 Å². The van der Waals surface area contributed by atoms with Crippen LogP contribution < -0.4 is 10.6 Å². The first kappa shape index (κ1) is 18.7. The van der Waals surface area contributed by atoms with Crippen LogP contribution in [0.4, 0.5) is 10.5 Å². The molecule has 0 unspecified atom stereocenters. The van der Waals surface area contributed by atoms with Gasteiger partial charge in [-0.15, -0.1) is 0 Å². The summed E-state index contributed by atoms with van der Waals surface area (Å²) in [6, 6.07) is 13.7. The third-order valence-electron chi connectivity index (χ3n) is 5.53. The van der Waals surface area contributed by atoms with Crippen LogP contribution in [0, 0.1) is 11.3 Å². The van der Waals surface area contributed by atoms with Crippen LogP contribution in [0.1, 0.15) is 35.6 Å². The summed E-state index contributed by atoms with van der Waals surface area (Å²) in [5, 5.41) is 14.3. The van der Waals surface area contributed by atoms with Crippen molar-refractivity contribution < 1.29 is 14.4 Å². The number of urea groups is 1. The van der Waals surface area contributed by atoms with E-state index >= 15 is 0 Å². The van der Waals surface area contributed by atoms with Gasteiger partial charge in [0.2, 0.25) is 5.91 Å². The summed E-state index contributed by atoms with van der Waals surface area (Å²) in [6.45, 7) is 1.26. The maximum atomic E-state index is 13.0. The van der Waals surface area contributed by atoms with E-state index in [0.717, 1.165) is 29.7 Å². The number of nitriles is 1. The third-order valence-corrected chi connectivity index (χ3v) is 5.53. The molecule has 2 aromatic rings. The molecule has 29 heavy (non-hydrogen) atoms. The Morgan fingerprint density at radius 3 is 2.79 bits per heavy atom. The molecule has 4 rings (SSSR count). The molecule has 1 fully saturated rings. The van der Waals surface area contributed by atoms with Crippen molar-refractivity contribution in [2.24, 2.45) is 0 Å². The van der Waals surface area contributed by atoms with E-state index in [0.29, 0.717) is 11.3 Å². The molecule has 1 aliphatic carbocycles. The lowest BCUT2D eigenvalue weighted by Gasteiger charge is -2.23. The molecule has 0 aromatic heterocycles. The van der Waals surface area contributed by atoms with Gasteiger partial charge in [-0.05, 0) is 61.1 Å². The maximum absolute atomic E-state index is 13.0. The molecule has 0 spiro atoms. The normalized spacial score (nSPS) is 20.2. The van der Waals surface area contributed by atoms with Crippen molar-refractivity contribution in [3.63, 3.8) is 0 Å². The lowest BCUT2D eigenvalue weighted by Crippen LogP contribution is -2.42. The fourth-order valence-corrected chi connectivity index (χ4v) is 3.93. The summed E-state index contributed by atoms with van der Waals surface area (Å²) in [6.07, 6.45) is 3.09. The Kier molecular flexibility index (Phi) is 4.55. The van der Waals surface area contributed by atoms with E-state index in [1.807, 2.05) is 24.3 Å². The summed E-state index contributed by atoms with van der Waals surface area (Å²) in [5.41, 5.74) is 2.85. The molecule has 2 aromatic carbocycles. The zero-order chi connectivity index (χ0) is 20.6. The van der Waals surface area contributed by atoms with Gasteiger partial charge in [-0.3, -0.25) is 14.5 Å². The minimum Gasteiger partial charge on any atom is -0.324 e. The predicted molar refractivity (Wildman–Crippen MR) is 106 cm³/mol. The highest BCUT2D eigenvalue weighted by Crippen LogP contribution is 2.32. The smallest absolute Gasteiger partial charge is 0.324 e. The van der Waals surface area contributed by atoms with Gasteiger partial charge < -0.3 is 10.6 Å². The van der Waals surface area contributed by atoms with Crippen LogP contribution in [0.2, 0.25) is 0 Å². The molecule has 146 valence electrons. The van der Waals surface area contributed by atoms with Crippen LogP contribution in [0.15, 0.2) is 42.5 Å². The van der Waals surface area contributed by atoms with Gasteiger partial charge in [-0.2, -0.15) is 5.26 Å². The molecular formula is C22H20N4O3. The van der Waals surface area contributed by atoms with Crippen molar-refractivity contribution in [3.05, 3.63) is 64.7 Å². The third kappa shape index (κ3) is 3.34. The second-order valence-electron chi connectivity index (χ2n) is 7.52. The fraction of sp³-hybridized carbons (Fsp3) is 0.273. The number of carbonyl (C=O) groups is 3. The predicted octanol–water partition coefficient (Wildman–Crippen LogP) is 2.45. The van der Waals surface area contributed by atoms with Gasteiger partial charge in [0.05, 0.1) is 11.6 Å². The Bertz CT molecular complexity index is 1070. The van der Waals surface area contributed by atoms with Gasteiger partial charge >= 0.3 is 6.03 Å². The lowest BCUT2D eigenvalue weighted by molar-refractivity contribution is -0.133. The number of benzene rings is 2. The molecule has 1 heterocycles. The number of carbonyl (C=O) groups excluding carboxylic acids is 3. The molecule has 0 saturated carbocycles. The molecule has 1 saturated heterocycles. The Balaban J connectivity index is 1.50. The number of hydrogen-bond acceptors (Lipinski definition) is 4. The van der Waals surface area contributed by atoms with Crippen LogP contribution in [0.25, 0.3) is 0 Å². The highest BCUT2D eigenvalue weighted by atomic mass is 16.2. The average Bonchev–Trinajstić information content (AvgIpc) is 3.26. The second-order valence-corrected chi connectivity index (χ2v) is 7.52. The first-order valence-electron chi connectivity index (χ1n) is 9.47. The minimum absolute atomic E-state index is 0.401. The van der Waals surface area contributed by atoms with Gasteiger partial charge in [0.25, 0.3) is 5.91 Å². The van der Waals surface area contributed by atoms with Gasteiger partial charge in [0, 0.05) is 5.69 Å². The van der Waals surface area contributed by atoms with Crippen LogP contribution >= 0.6 is 0 Å². The zero-order valence-corrected chi connectivity index (χ0v) is 16.0. The number of anilines is 1. The number of hydrogen-bond donors (Lipinski definition) is 2. The quantitative estimate of drug-likeness (QED) is 0.786. The molecule has 2 N–H and O–H groups in total. The highest BCUT2D eigenvalue weighted by molar-refractivity contribution is 6.10. The molecule has 7 heteroatoms. The number of nitrogens with zero attached hydrogens (tertiary/aromatic N) is 2. The molecule has 1 aliphatic heterocycles. The number of nitrogens with one attached hydrogen (secondary N) is 2. The molecule has 4 amide bonds. The number of aryl methyl sites for hydroxylation is 2. The van der Waals surface area contributed by atoms with Crippen molar-refractivity contribution in [3.8, 4) is 6.07 Å². The maximum Gasteiger partial charge on any atom is 0.325 e. The number of rotatable bonds is 4. The monoisotopic (exact) mass is 388 g/mol. The lowest BCUT2D eigenvalue weighted by atomic mass is 9.89. The molecular weight excluding hydrogens is 368 g/mol. The van der Waals surface area contributed by atoms with E-state index in [1.54, 1.807) is 25.1 Å². The Morgan fingerprint density at radius 2 is 2.00 bits per heavy atom. The van der Waals surface area contributed by atoms with Crippen molar-refractivity contribution in [2.45, 2.75) is 31.7 Å². The van der Waals surface area contributed by atoms with Crippen LogP contribution in [-0.4, -0.2) is 29.3 Å². The summed E-state index contributed by atoms with van der Waals surface area (Å²) >= 11 is 0. The summed E-state index contributed by atoms with van der Waals surface area (Å²) in [7, 11) is 0. The molecule has 2 aliphatic rings. The van der Waals surface area contributed by atoms with E-state index < -0.39 is 29.9 Å². The standard InChI is InChI=1S/C22H20N4O3/c1-22(17-9-8-15-5-3-6-16(15)11-17)20(28)26(21(29)25-22)13-19(27)24-18-7-2-4-14(10-18)12-23/h2,4,7-11H,3,5-6,13H2,1H3,(H,24,27)(H,25,29)/t22-/m0/s1. The largest absolute Gasteiger partial charge is 0.325 e. The fourth-order valence-electron chi connectivity index (χ4n) is 3.93. The first-order chi connectivity index (χ1) is 13.9. The van der Waals surface area contributed by atoms with E-state index in [9.17, 15) is 14.4 Å². The zero-order valence-electron chi connectivity index (χ0n) is 16.0. The minimum atomic E-state index is -1.20. The molecule has 1 atom stereocenters. The van der Waals surface area contributed by atoms with Crippen LogP contribution in [0.3, 0.4) is 0 Å².